The van der Waals surface area contributed by atoms with Crippen molar-refractivity contribution in [3.8, 4) is 17.2 Å². The molecule has 0 spiro atoms. The van der Waals surface area contributed by atoms with E-state index in [-0.39, 0.29) is 0 Å². The lowest BCUT2D eigenvalue weighted by molar-refractivity contribution is 0.237. The number of rotatable bonds is 4. The first-order valence-electron chi connectivity index (χ1n) is 7.90. The number of nitrogens with zero attached hydrogens (tertiary/aromatic N) is 3. The minimum absolute atomic E-state index is 0.384. The number of hydrogen-bond donors (Lipinski definition) is 0. The third kappa shape index (κ3) is 2.99. The van der Waals surface area contributed by atoms with E-state index >= 15 is 0 Å². The first-order valence-corrected chi connectivity index (χ1v) is 7.90. The smallest absolute Gasteiger partial charge is 0.247 e. The van der Waals surface area contributed by atoms with Gasteiger partial charge in [0.25, 0.3) is 0 Å². The molecule has 1 aromatic carbocycles. The van der Waals surface area contributed by atoms with Gasteiger partial charge in [0, 0.05) is 11.5 Å². The summed E-state index contributed by atoms with van der Waals surface area (Å²) in [6.45, 7) is 4.28. The molecule has 1 aliphatic heterocycles. The fraction of sp³-hybridized carbons (Fsp3) is 0.529. The number of aromatic nitrogens is 2. The molecular formula is C17H23N3O2. The van der Waals surface area contributed by atoms with E-state index in [0.29, 0.717) is 11.8 Å². The van der Waals surface area contributed by atoms with E-state index in [1.165, 1.54) is 5.56 Å². The average molecular weight is 301 g/mol. The van der Waals surface area contributed by atoms with Gasteiger partial charge >= 0.3 is 0 Å². The Balaban J connectivity index is 1.81. The van der Waals surface area contributed by atoms with Gasteiger partial charge in [0.15, 0.2) is 0 Å². The van der Waals surface area contributed by atoms with Crippen LogP contribution in [-0.4, -0.2) is 42.3 Å². The second kappa shape index (κ2) is 6.48. The normalized spacial score (nSPS) is 16.9. The molecule has 0 saturated carbocycles. The number of methoxy groups -OCH3 is 1. The van der Waals surface area contributed by atoms with Crippen LogP contribution in [0.2, 0.25) is 0 Å². The van der Waals surface area contributed by atoms with Crippen LogP contribution < -0.4 is 4.74 Å². The highest BCUT2D eigenvalue weighted by molar-refractivity contribution is 5.57. The Morgan fingerprint density at radius 3 is 2.73 bits per heavy atom. The molecule has 0 atom stereocenters. The number of likely N-dealkylation sites (tertiary alicyclic amines) is 1. The van der Waals surface area contributed by atoms with Crippen molar-refractivity contribution in [2.45, 2.75) is 32.1 Å². The Hall–Kier alpha value is -1.88. The van der Waals surface area contributed by atoms with Gasteiger partial charge in [0.1, 0.15) is 5.75 Å². The fourth-order valence-corrected chi connectivity index (χ4v) is 2.94. The van der Waals surface area contributed by atoms with Crippen molar-refractivity contribution in [2.24, 2.45) is 0 Å². The van der Waals surface area contributed by atoms with Gasteiger partial charge in [-0.25, -0.2) is 0 Å². The number of hydrogen-bond acceptors (Lipinski definition) is 5. The predicted molar refractivity (Wildman–Crippen MR) is 85.1 cm³/mol. The van der Waals surface area contributed by atoms with Gasteiger partial charge in [0.05, 0.1) is 7.11 Å². The molecule has 0 amide bonds. The van der Waals surface area contributed by atoms with Crippen molar-refractivity contribution >= 4 is 0 Å². The number of ether oxygens (including phenoxy) is 1. The van der Waals surface area contributed by atoms with E-state index in [2.05, 4.69) is 35.1 Å². The molecule has 1 aromatic heterocycles. The van der Waals surface area contributed by atoms with Crippen molar-refractivity contribution in [1.29, 1.82) is 0 Å². The van der Waals surface area contributed by atoms with Crippen molar-refractivity contribution in [3.63, 3.8) is 0 Å². The van der Waals surface area contributed by atoms with Gasteiger partial charge in [-0.2, -0.15) is 0 Å². The zero-order valence-electron chi connectivity index (χ0n) is 13.5. The first kappa shape index (κ1) is 15.0. The molecule has 1 aliphatic rings. The number of benzene rings is 1. The Morgan fingerprint density at radius 2 is 2.05 bits per heavy atom. The van der Waals surface area contributed by atoms with Crippen LogP contribution in [0.3, 0.4) is 0 Å². The molecule has 0 bridgehead atoms. The topological polar surface area (TPSA) is 51.4 Å². The summed E-state index contributed by atoms with van der Waals surface area (Å²) in [7, 11) is 3.84. The summed E-state index contributed by atoms with van der Waals surface area (Å²) in [4.78, 5) is 2.34. The predicted octanol–water partition coefficient (Wildman–Crippen LogP) is 3.12. The van der Waals surface area contributed by atoms with Gasteiger partial charge in [-0.1, -0.05) is 13.0 Å². The third-order valence-corrected chi connectivity index (χ3v) is 4.42. The quantitative estimate of drug-likeness (QED) is 0.868. The minimum atomic E-state index is 0.384. The Labute approximate surface area is 131 Å². The van der Waals surface area contributed by atoms with Crippen LogP contribution in [0.5, 0.6) is 5.75 Å². The lowest BCUT2D eigenvalue weighted by Crippen LogP contribution is -2.29. The molecule has 1 saturated heterocycles. The maximum absolute atomic E-state index is 5.92. The molecule has 22 heavy (non-hydrogen) atoms. The van der Waals surface area contributed by atoms with Crippen molar-refractivity contribution in [1.82, 2.24) is 15.1 Å². The van der Waals surface area contributed by atoms with Gasteiger partial charge in [0.2, 0.25) is 11.8 Å². The van der Waals surface area contributed by atoms with E-state index in [0.717, 1.165) is 49.6 Å². The SMILES string of the molecule is CCc1ccc(-c2nnc(C3CCN(C)CC3)o2)cc1OC. The highest BCUT2D eigenvalue weighted by atomic mass is 16.5. The average Bonchev–Trinajstić information content (AvgIpc) is 3.05. The molecule has 0 radical (unpaired) electrons. The van der Waals surface area contributed by atoms with Crippen LogP contribution in [0.1, 0.15) is 37.1 Å². The summed E-state index contributed by atoms with van der Waals surface area (Å²) in [5.41, 5.74) is 2.10. The lowest BCUT2D eigenvalue weighted by Gasteiger charge is -2.26. The van der Waals surface area contributed by atoms with Crippen LogP contribution in [0.4, 0.5) is 0 Å². The molecule has 2 aromatic rings. The second-order valence-electron chi connectivity index (χ2n) is 5.90. The molecule has 2 heterocycles. The van der Waals surface area contributed by atoms with Gasteiger partial charge in [-0.3, -0.25) is 0 Å². The number of aryl methyl sites for hydroxylation is 1. The van der Waals surface area contributed by atoms with Crippen LogP contribution in [0.15, 0.2) is 22.6 Å². The van der Waals surface area contributed by atoms with Crippen LogP contribution >= 0.6 is 0 Å². The summed E-state index contributed by atoms with van der Waals surface area (Å²) in [6, 6.07) is 6.06. The van der Waals surface area contributed by atoms with E-state index < -0.39 is 0 Å². The van der Waals surface area contributed by atoms with Crippen molar-refractivity contribution in [2.75, 3.05) is 27.2 Å². The maximum atomic E-state index is 5.92. The maximum Gasteiger partial charge on any atom is 0.247 e. The van der Waals surface area contributed by atoms with E-state index in [1.807, 2.05) is 12.1 Å². The zero-order valence-corrected chi connectivity index (χ0v) is 13.5. The van der Waals surface area contributed by atoms with E-state index in [4.69, 9.17) is 9.15 Å². The minimum Gasteiger partial charge on any atom is -0.496 e. The van der Waals surface area contributed by atoms with Gasteiger partial charge < -0.3 is 14.1 Å². The molecule has 5 nitrogen and oxygen atoms in total. The van der Waals surface area contributed by atoms with Crippen LogP contribution in [0.25, 0.3) is 11.5 Å². The Morgan fingerprint density at radius 1 is 1.27 bits per heavy atom. The van der Waals surface area contributed by atoms with Gasteiger partial charge in [-0.15, -0.1) is 10.2 Å². The molecule has 118 valence electrons. The molecule has 5 heteroatoms. The van der Waals surface area contributed by atoms with E-state index in [9.17, 15) is 0 Å². The van der Waals surface area contributed by atoms with Crippen molar-refractivity contribution in [3.05, 3.63) is 29.7 Å². The molecule has 0 unspecified atom stereocenters. The summed E-state index contributed by atoms with van der Waals surface area (Å²) in [5, 5.41) is 8.49. The molecule has 0 aliphatic carbocycles. The number of piperidine rings is 1. The summed E-state index contributed by atoms with van der Waals surface area (Å²) >= 11 is 0. The summed E-state index contributed by atoms with van der Waals surface area (Å²) < 4.78 is 11.4. The van der Waals surface area contributed by atoms with Gasteiger partial charge in [-0.05, 0) is 57.1 Å². The lowest BCUT2D eigenvalue weighted by atomic mass is 9.97. The summed E-state index contributed by atoms with van der Waals surface area (Å²) in [6.07, 6.45) is 3.10. The Bertz CT molecular complexity index is 631. The molecule has 0 N–H and O–H groups in total. The fourth-order valence-electron chi connectivity index (χ4n) is 2.94. The first-order chi connectivity index (χ1) is 10.7. The Kier molecular flexibility index (Phi) is 4.43. The highest BCUT2D eigenvalue weighted by Gasteiger charge is 2.23. The van der Waals surface area contributed by atoms with Crippen LogP contribution in [0, 0.1) is 0 Å². The van der Waals surface area contributed by atoms with Crippen LogP contribution in [-0.2, 0) is 6.42 Å². The molecular weight excluding hydrogens is 278 g/mol. The molecule has 1 fully saturated rings. The third-order valence-electron chi connectivity index (χ3n) is 4.42. The molecule has 3 rings (SSSR count). The summed E-state index contributed by atoms with van der Waals surface area (Å²) in [5.74, 6) is 2.60. The standard InChI is InChI=1S/C17H23N3O2/c1-4-12-5-6-14(11-15(12)21-3)17-19-18-16(22-17)13-7-9-20(2)10-8-13/h5-6,11,13H,4,7-10H2,1-3H3. The van der Waals surface area contributed by atoms with E-state index in [1.54, 1.807) is 7.11 Å². The highest BCUT2D eigenvalue weighted by Crippen LogP contribution is 2.31. The second-order valence-corrected chi connectivity index (χ2v) is 5.90. The van der Waals surface area contributed by atoms with Crippen molar-refractivity contribution < 1.29 is 9.15 Å². The zero-order chi connectivity index (χ0) is 15.5. The largest absolute Gasteiger partial charge is 0.496 e. The monoisotopic (exact) mass is 301 g/mol.